The molecule has 0 aliphatic carbocycles. The van der Waals surface area contributed by atoms with Gasteiger partial charge >= 0.3 is 0 Å². The number of nitrogens with zero attached hydrogens (tertiary/aromatic N) is 3. The molecule has 0 amide bonds. The fourth-order valence-corrected chi connectivity index (χ4v) is 2.36. The van der Waals surface area contributed by atoms with Crippen molar-refractivity contribution in [3.05, 3.63) is 42.1 Å². The number of hydrogen-bond donors (Lipinski definition) is 2. The molecule has 0 saturated carbocycles. The first-order valence-corrected chi connectivity index (χ1v) is 8.11. The third kappa shape index (κ3) is 3.23. The molecule has 2 N–H and O–H groups in total. The van der Waals surface area contributed by atoms with Gasteiger partial charge in [0.25, 0.3) is 0 Å². The molecule has 0 aliphatic heterocycles. The summed E-state index contributed by atoms with van der Waals surface area (Å²) in [5.41, 5.74) is 4.08. The summed E-state index contributed by atoms with van der Waals surface area (Å²) in [6.07, 6.45) is 2.87. The molecule has 7 nitrogen and oxygen atoms in total. The monoisotopic (exact) mass is 303 g/mol. The molecule has 3 aromatic rings. The highest BCUT2D eigenvalue weighted by Crippen LogP contribution is 2.21. The fraction of sp³-hybridized carbons (Fsp3) is 0.154. The third-order valence-corrected chi connectivity index (χ3v) is 3.67. The summed E-state index contributed by atoms with van der Waals surface area (Å²) in [6, 6.07) is 9.49. The Morgan fingerprint density at radius 2 is 1.90 bits per heavy atom. The lowest BCUT2D eigenvalue weighted by atomic mass is 10.1. The zero-order chi connectivity index (χ0) is 14.9. The van der Waals surface area contributed by atoms with Gasteiger partial charge in [0.2, 0.25) is 15.7 Å². The van der Waals surface area contributed by atoms with E-state index in [0.29, 0.717) is 11.2 Å². The summed E-state index contributed by atoms with van der Waals surface area (Å²) in [7, 11) is -3.18. The van der Waals surface area contributed by atoms with Crippen LogP contribution >= 0.6 is 0 Å². The number of hydrogen-bond acceptors (Lipinski definition) is 5. The molecule has 3 rings (SSSR count). The maximum absolute atomic E-state index is 11.1. The van der Waals surface area contributed by atoms with Gasteiger partial charge in [-0.25, -0.2) is 18.1 Å². The first kappa shape index (κ1) is 13.7. The summed E-state index contributed by atoms with van der Waals surface area (Å²) in [4.78, 5) is 4.21. The minimum absolute atomic E-state index is 0.277. The van der Waals surface area contributed by atoms with Gasteiger partial charge in [-0.15, -0.1) is 5.10 Å². The van der Waals surface area contributed by atoms with E-state index in [0.717, 1.165) is 22.9 Å². The van der Waals surface area contributed by atoms with Crippen LogP contribution < -0.4 is 4.72 Å². The minimum atomic E-state index is -3.18. The number of pyridine rings is 1. The molecule has 8 heteroatoms. The topological polar surface area (TPSA) is 101 Å². The van der Waals surface area contributed by atoms with Crippen molar-refractivity contribution in [2.45, 2.75) is 6.54 Å². The van der Waals surface area contributed by atoms with Crippen LogP contribution in [0.2, 0.25) is 0 Å². The van der Waals surface area contributed by atoms with Gasteiger partial charge in [-0.1, -0.05) is 24.3 Å². The second-order valence-corrected chi connectivity index (χ2v) is 6.51. The summed E-state index contributed by atoms with van der Waals surface area (Å²) in [5, 5.41) is 10.4. The normalized spacial score (nSPS) is 11.9. The van der Waals surface area contributed by atoms with E-state index < -0.39 is 10.0 Å². The van der Waals surface area contributed by atoms with Crippen LogP contribution in [0, 0.1) is 0 Å². The Hall–Kier alpha value is -2.32. The predicted molar refractivity (Wildman–Crippen MR) is 78.8 cm³/mol. The molecule has 0 bridgehead atoms. The van der Waals surface area contributed by atoms with Crippen molar-refractivity contribution in [1.29, 1.82) is 0 Å². The molecule has 0 radical (unpaired) electrons. The lowest BCUT2D eigenvalue weighted by Crippen LogP contribution is -2.21. The highest BCUT2D eigenvalue weighted by Gasteiger charge is 2.05. The summed E-state index contributed by atoms with van der Waals surface area (Å²) in [5.74, 6) is 0. The van der Waals surface area contributed by atoms with Gasteiger partial charge < -0.3 is 0 Å². The van der Waals surface area contributed by atoms with E-state index in [-0.39, 0.29) is 6.54 Å². The van der Waals surface area contributed by atoms with Gasteiger partial charge in [0.05, 0.1) is 6.26 Å². The van der Waals surface area contributed by atoms with Crippen LogP contribution in [-0.4, -0.2) is 35.1 Å². The number of rotatable bonds is 4. The molecule has 0 aliphatic rings. The molecular weight excluding hydrogens is 290 g/mol. The van der Waals surface area contributed by atoms with E-state index in [4.69, 9.17) is 0 Å². The Balaban J connectivity index is 1.83. The van der Waals surface area contributed by atoms with E-state index in [1.54, 1.807) is 6.20 Å². The fourth-order valence-electron chi connectivity index (χ4n) is 1.93. The van der Waals surface area contributed by atoms with Gasteiger partial charge in [-0.3, -0.25) is 0 Å². The van der Waals surface area contributed by atoms with Crippen molar-refractivity contribution in [3.8, 4) is 11.1 Å². The lowest BCUT2D eigenvalue weighted by Gasteiger charge is -2.05. The van der Waals surface area contributed by atoms with Crippen molar-refractivity contribution < 1.29 is 8.42 Å². The van der Waals surface area contributed by atoms with E-state index >= 15 is 0 Å². The molecule has 0 fully saturated rings. The Kier molecular flexibility index (Phi) is 3.40. The average Bonchev–Trinajstić information content (AvgIpc) is 2.92. The Morgan fingerprint density at radius 3 is 2.62 bits per heavy atom. The molecule has 0 unspecified atom stereocenters. The highest BCUT2D eigenvalue weighted by molar-refractivity contribution is 7.88. The molecule has 2 aromatic heterocycles. The van der Waals surface area contributed by atoms with Crippen LogP contribution in [0.3, 0.4) is 0 Å². The number of benzene rings is 1. The second kappa shape index (κ2) is 5.23. The Morgan fingerprint density at radius 1 is 1.14 bits per heavy atom. The van der Waals surface area contributed by atoms with Crippen molar-refractivity contribution in [3.63, 3.8) is 0 Å². The minimum Gasteiger partial charge on any atom is -0.233 e. The summed E-state index contributed by atoms with van der Waals surface area (Å²) in [6.45, 7) is 0.277. The standard InChI is InChI=1S/C13H13N5O2S/c1-21(19,20)15-7-9-2-4-10(5-3-9)11-6-12-13(14-8-11)17-18-16-12/h2-6,8,15H,7H2,1H3,(H,14,16,17,18). The molecule has 108 valence electrons. The molecular formula is C13H13N5O2S. The zero-order valence-corrected chi connectivity index (χ0v) is 12.1. The first-order valence-electron chi connectivity index (χ1n) is 6.22. The van der Waals surface area contributed by atoms with E-state index in [1.807, 2.05) is 30.3 Å². The van der Waals surface area contributed by atoms with Crippen LogP contribution in [0.5, 0.6) is 0 Å². The van der Waals surface area contributed by atoms with Crippen molar-refractivity contribution in [1.82, 2.24) is 25.1 Å². The van der Waals surface area contributed by atoms with Crippen molar-refractivity contribution in [2.75, 3.05) is 6.26 Å². The van der Waals surface area contributed by atoms with Gasteiger partial charge in [-0.05, 0) is 17.2 Å². The zero-order valence-electron chi connectivity index (χ0n) is 11.2. The summed E-state index contributed by atoms with van der Waals surface area (Å²) < 4.78 is 24.6. The maximum atomic E-state index is 11.1. The van der Waals surface area contributed by atoms with Crippen molar-refractivity contribution in [2.24, 2.45) is 0 Å². The molecule has 1 aromatic carbocycles. The first-order chi connectivity index (χ1) is 10.0. The Bertz CT molecular complexity index is 871. The molecule has 2 heterocycles. The highest BCUT2D eigenvalue weighted by atomic mass is 32.2. The number of fused-ring (bicyclic) bond motifs is 1. The van der Waals surface area contributed by atoms with Crippen LogP contribution in [0.4, 0.5) is 0 Å². The van der Waals surface area contributed by atoms with E-state index in [1.165, 1.54) is 0 Å². The van der Waals surface area contributed by atoms with E-state index in [9.17, 15) is 8.42 Å². The van der Waals surface area contributed by atoms with Crippen LogP contribution in [-0.2, 0) is 16.6 Å². The maximum Gasteiger partial charge on any atom is 0.209 e. The lowest BCUT2D eigenvalue weighted by molar-refractivity contribution is 0.587. The SMILES string of the molecule is CS(=O)(=O)NCc1ccc(-c2cnc3n[nH]nc3c2)cc1. The number of H-pyrrole nitrogens is 1. The Labute approximate surface area is 121 Å². The molecule has 0 saturated heterocycles. The molecule has 21 heavy (non-hydrogen) atoms. The largest absolute Gasteiger partial charge is 0.233 e. The molecule has 0 spiro atoms. The van der Waals surface area contributed by atoms with E-state index in [2.05, 4.69) is 25.1 Å². The second-order valence-electron chi connectivity index (χ2n) is 4.68. The van der Waals surface area contributed by atoms with Gasteiger partial charge in [0, 0.05) is 18.3 Å². The number of sulfonamides is 1. The smallest absolute Gasteiger partial charge is 0.209 e. The van der Waals surface area contributed by atoms with Crippen LogP contribution in [0.1, 0.15) is 5.56 Å². The molecule has 0 atom stereocenters. The van der Waals surface area contributed by atoms with Gasteiger partial charge in [0.15, 0.2) is 0 Å². The predicted octanol–water partition coefficient (Wildman–Crippen LogP) is 1.07. The quantitative estimate of drug-likeness (QED) is 0.751. The van der Waals surface area contributed by atoms with Gasteiger partial charge in [-0.2, -0.15) is 10.3 Å². The van der Waals surface area contributed by atoms with Gasteiger partial charge in [0.1, 0.15) is 5.52 Å². The van der Waals surface area contributed by atoms with Crippen LogP contribution in [0.25, 0.3) is 22.3 Å². The average molecular weight is 303 g/mol. The third-order valence-electron chi connectivity index (χ3n) is 3.00. The number of nitrogens with one attached hydrogen (secondary N) is 2. The summed E-state index contributed by atoms with van der Waals surface area (Å²) >= 11 is 0. The van der Waals surface area contributed by atoms with Crippen molar-refractivity contribution >= 4 is 21.2 Å². The van der Waals surface area contributed by atoms with Crippen LogP contribution in [0.15, 0.2) is 36.5 Å². The number of aromatic amines is 1. The number of aromatic nitrogens is 4.